The van der Waals surface area contributed by atoms with Crippen molar-refractivity contribution in [3.05, 3.63) is 95.3 Å². The maximum Gasteiger partial charge on any atom is 0.166 e. The van der Waals surface area contributed by atoms with E-state index in [1.54, 1.807) is 36.4 Å². The van der Waals surface area contributed by atoms with E-state index in [0.29, 0.717) is 23.5 Å². The summed E-state index contributed by atoms with van der Waals surface area (Å²) >= 11 is 0. The van der Waals surface area contributed by atoms with Gasteiger partial charge in [-0.3, -0.25) is 0 Å². The van der Waals surface area contributed by atoms with Crippen LogP contribution >= 0.6 is 0 Å². The summed E-state index contributed by atoms with van der Waals surface area (Å²) in [6.45, 7) is 4.08. The molecule has 0 spiro atoms. The summed E-state index contributed by atoms with van der Waals surface area (Å²) in [6.07, 6.45) is 11.0. The first-order valence-corrected chi connectivity index (χ1v) is 12.5. The summed E-state index contributed by atoms with van der Waals surface area (Å²) in [6, 6.07) is 16.0. The lowest BCUT2D eigenvalue weighted by molar-refractivity contribution is 0.304. The van der Waals surface area contributed by atoms with Gasteiger partial charge in [-0.1, -0.05) is 80.4 Å². The molecule has 0 atom stereocenters. The smallest absolute Gasteiger partial charge is 0.166 e. The third kappa shape index (κ3) is 5.29. The predicted octanol–water partition coefficient (Wildman–Crippen LogP) is 9.63. The Labute approximate surface area is 201 Å². The average Bonchev–Trinajstić information content (AvgIpc) is 2.86. The van der Waals surface area contributed by atoms with Gasteiger partial charge in [-0.15, -0.1) is 0 Å². The Bertz CT molecular complexity index is 1140. The number of benzene rings is 3. The zero-order valence-corrected chi connectivity index (χ0v) is 20.1. The molecule has 4 rings (SSSR count). The predicted molar refractivity (Wildman–Crippen MR) is 135 cm³/mol. The molecule has 3 aromatic carbocycles. The molecule has 34 heavy (non-hydrogen) atoms. The van der Waals surface area contributed by atoms with Crippen LogP contribution in [0.4, 0.5) is 13.2 Å². The highest BCUT2D eigenvalue weighted by Crippen LogP contribution is 2.39. The number of hydrogen-bond acceptors (Lipinski definition) is 0. The van der Waals surface area contributed by atoms with Gasteiger partial charge in [-0.25, -0.2) is 13.2 Å². The fourth-order valence-electron chi connectivity index (χ4n) is 5.27. The number of hydrogen-bond donors (Lipinski definition) is 0. The molecule has 0 aliphatic heterocycles. The molecule has 1 fully saturated rings. The second-order valence-corrected chi connectivity index (χ2v) is 9.49. The summed E-state index contributed by atoms with van der Waals surface area (Å²) in [5, 5.41) is 0. The van der Waals surface area contributed by atoms with Crippen molar-refractivity contribution >= 4 is 0 Å². The third-order valence-corrected chi connectivity index (χ3v) is 7.25. The summed E-state index contributed by atoms with van der Waals surface area (Å²) in [5.74, 6) is -0.687. The largest absolute Gasteiger partial charge is 0.207 e. The van der Waals surface area contributed by atoms with E-state index in [1.165, 1.54) is 25.7 Å². The van der Waals surface area contributed by atoms with Crippen LogP contribution in [0.25, 0.3) is 22.3 Å². The monoisotopic (exact) mass is 462 g/mol. The van der Waals surface area contributed by atoms with E-state index < -0.39 is 11.6 Å². The Morgan fingerprint density at radius 2 is 1.47 bits per heavy atom. The van der Waals surface area contributed by atoms with Crippen molar-refractivity contribution in [1.29, 1.82) is 0 Å². The molecule has 0 amide bonds. The van der Waals surface area contributed by atoms with Gasteiger partial charge < -0.3 is 0 Å². The molecule has 0 N–H and O–H groups in total. The molecule has 0 nitrogen and oxygen atoms in total. The Hall–Kier alpha value is -2.81. The summed E-state index contributed by atoms with van der Waals surface area (Å²) < 4.78 is 44.2. The van der Waals surface area contributed by atoms with Crippen molar-refractivity contribution in [1.82, 2.24) is 0 Å². The van der Waals surface area contributed by atoms with Gasteiger partial charge in [0.2, 0.25) is 0 Å². The van der Waals surface area contributed by atoms with Crippen LogP contribution in [0.2, 0.25) is 0 Å². The van der Waals surface area contributed by atoms with Crippen LogP contribution in [-0.2, 0) is 6.42 Å². The Balaban J connectivity index is 1.50. The zero-order valence-electron chi connectivity index (χ0n) is 20.1. The van der Waals surface area contributed by atoms with Gasteiger partial charge >= 0.3 is 0 Å². The fourth-order valence-corrected chi connectivity index (χ4v) is 5.27. The summed E-state index contributed by atoms with van der Waals surface area (Å²) in [7, 11) is 0. The van der Waals surface area contributed by atoms with Crippen LogP contribution in [0.1, 0.15) is 69.4 Å². The first-order valence-electron chi connectivity index (χ1n) is 12.5. The summed E-state index contributed by atoms with van der Waals surface area (Å²) in [5.41, 5.74) is 3.63. The maximum atomic E-state index is 15.0. The highest BCUT2D eigenvalue weighted by atomic mass is 19.2. The normalized spacial score (nSPS) is 18.5. The van der Waals surface area contributed by atoms with E-state index in [1.807, 2.05) is 37.3 Å². The number of halogens is 3. The fraction of sp³-hybridized carbons (Fsp3) is 0.355. The van der Waals surface area contributed by atoms with Crippen LogP contribution < -0.4 is 0 Å². The van der Waals surface area contributed by atoms with Gasteiger partial charge in [0.1, 0.15) is 5.82 Å². The highest BCUT2D eigenvalue weighted by molar-refractivity contribution is 5.71. The van der Waals surface area contributed by atoms with Crippen molar-refractivity contribution in [3.8, 4) is 22.3 Å². The molecule has 0 bridgehead atoms. The first-order chi connectivity index (χ1) is 16.5. The van der Waals surface area contributed by atoms with Crippen molar-refractivity contribution in [2.75, 3.05) is 0 Å². The molecule has 0 saturated heterocycles. The molecule has 0 unspecified atom stereocenters. The minimum atomic E-state index is -0.834. The molecule has 178 valence electrons. The SMILES string of the molecule is C/C=C\Cc1ccc(-c2ccc(-c3ccc(C4CCC(CCC)CC4)c(F)c3)cc2)c(F)c1F. The van der Waals surface area contributed by atoms with Crippen LogP contribution in [0.15, 0.2) is 66.7 Å². The van der Waals surface area contributed by atoms with Crippen LogP contribution in [0, 0.1) is 23.4 Å². The van der Waals surface area contributed by atoms with Crippen molar-refractivity contribution in [2.24, 2.45) is 5.92 Å². The summed E-state index contributed by atoms with van der Waals surface area (Å²) in [4.78, 5) is 0. The van der Waals surface area contributed by atoms with Gasteiger partial charge in [-0.2, -0.15) is 0 Å². The average molecular weight is 463 g/mol. The molecule has 3 aromatic rings. The van der Waals surface area contributed by atoms with E-state index >= 15 is 4.39 Å². The molecule has 0 aromatic heterocycles. The minimum absolute atomic E-state index is 0.148. The van der Waals surface area contributed by atoms with Gasteiger partial charge in [0.05, 0.1) is 0 Å². The van der Waals surface area contributed by atoms with Crippen LogP contribution in [0.5, 0.6) is 0 Å². The lowest BCUT2D eigenvalue weighted by atomic mass is 9.77. The first kappa shape index (κ1) is 24.3. The van der Waals surface area contributed by atoms with Gasteiger partial charge in [0, 0.05) is 5.56 Å². The second-order valence-electron chi connectivity index (χ2n) is 9.49. The third-order valence-electron chi connectivity index (χ3n) is 7.25. The van der Waals surface area contributed by atoms with Crippen LogP contribution in [0.3, 0.4) is 0 Å². The molecular formula is C31H33F3. The Morgan fingerprint density at radius 3 is 2.12 bits per heavy atom. The molecule has 3 heteroatoms. The van der Waals surface area contributed by atoms with Crippen LogP contribution in [-0.4, -0.2) is 0 Å². The lowest BCUT2D eigenvalue weighted by Crippen LogP contribution is -2.14. The van der Waals surface area contributed by atoms with E-state index in [0.717, 1.165) is 35.4 Å². The molecular weight excluding hydrogens is 429 g/mol. The van der Waals surface area contributed by atoms with Crippen molar-refractivity contribution in [3.63, 3.8) is 0 Å². The number of rotatable bonds is 7. The van der Waals surface area contributed by atoms with Gasteiger partial charge in [0.25, 0.3) is 0 Å². The van der Waals surface area contributed by atoms with E-state index in [9.17, 15) is 8.78 Å². The lowest BCUT2D eigenvalue weighted by Gasteiger charge is -2.29. The van der Waals surface area contributed by atoms with E-state index in [2.05, 4.69) is 6.92 Å². The van der Waals surface area contributed by atoms with Crippen molar-refractivity contribution < 1.29 is 13.2 Å². The minimum Gasteiger partial charge on any atom is -0.207 e. The Morgan fingerprint density at radius 1 is 0.794 bits per heavy atom. The molecule has 1 saturated carbocycles. The maximum absolute atomic E-state index is 15.0. The Kier molecular flexibility index (Phi) is 7.92. The van der Waals surface area contributed by atoms with Crippen molar-refractivity contribution in [2.45, 2.75) is 64.7 Å². The number of allylic oxidation sites excluding steroid dienone is 2. The van der Waals surface area contributed by atoms with E-state index in [-0.39, 0.29) is 11.4 Å². The van der Waals surface area contributed by atoms with E-state index in [4.69, 9.17) is 0 Å². The molecule has 1 aliphatic rings. The standard InChI is InChI=1S/C31H33F3/c1-3-5-7-25-16-19-28(31(34)30(25)33)24-14-12-22(13-15-24)26-17-18-27(29(32)20-26)23-10-8-21(6-4-2)9-11-23/h3,5,12-21,23H,4,6-11H2,1-2H3/b5-3-. The van der Waals surface area contributed by atoms with Gasteiger partial charge in [0.15, 0.2) is 11.6 Å². The highest BCUT2D eigenvalue weighted by Gasteiger charge is 2.24. The molecule has 0 heterocycles. The quantitative estimate of drug-likeness (QED) is 0.307. The second kappa shape index (κ2) is 11.1. The topological polar surface area (TPSA) is 0 Å². The molecule has 1 aliphatic carbocycles. The van der Waals surface area contributed by atoms with Gasteiger partial charge in [-0.05, 0) is 84.7 Å². The molecule has 0 radical (unpaired) electrons. The zero-order chi connectivity index (χ0) is 24.1.